The number of hydrogen-bond donors (Lipinski definition) is 1. The van der Waals surface area contributed by atoms with Crippen LogP contribution < -0.4 is 10.5 Å². The maximum Gasteiger partial charge on any atom is 0.119 e. The van der Waals surface area contributed by atoms with Crippen LogP contribution in [0.1, 0.15) is 20.3 Å². The van der Waals surface area contributed by atoms with E-state index >= 15 is 0 Å². The van der Waals surface area contributed by atoms with E-state index in [4.69, 9.17) is 10.5 Å². The first-order chi connectivity index (χ1) is 7.58. The Hall–Kier alpha value is -0.670. The molecule has 0 saturated carbocycles. The lowest BCUT2D eigenvalue weighted by atomic mass is 10.1. The fourth-order valence-electron chi connectivity index (χ4n) is 1.20. The summed E-state index contributed by atoms with van der Waals surface area (Å²) in [6.07, 6.45) is 1.07. The second-order valence-corrected chi connectivity index (χ2v) is 5.66. The van der Waals surface area contributed by atoms with Crippen LogP contribution in [-0.4, -0.2) is 23.7 Å². The van der Waals surface area contributed by atoms with Gasteiger partial charge in [0.25, 0.3) is 0 Å². The average Bonchev–Trinajstić information content (AvgIpc) is 2.23. The van der Waals surface area contributed by atoms with Crippen LogP contribution in [0.4, 0.5) is 0 Å². The summed E-state index contributed by atoms with van der Waals surface area (Å²) in [4.78, 5) is 0. The van der Waals surface area contributed by atoms with Gasteiger partial charge < -0.3 is 10.5 Å². The third-order valence-corrected chi connectivity index (χ3v) is 3.44. The van der Waals surface area contributed by atoms with Crippen molar-refractivity contribution in [3.8, 4) is 5.75 Å². The molecule has 1 aromatic carbocycles. The van der Waals surface area contributed by atoms with Crippen molar-refractivity contribution in [1.82, 2.24) is 0 Å². The monoisotopic (exact) mass is 239 g/mol. The lowest BCUT2D eigenvalue weighted by molar-refractivity contribution is 0.318. The molecule has 0 unspecified atom stereocenters. The Bertz CT molecular complexity index is 282. The quantitative estimate of drug-likeness (QED) is 0.743. The maximum absolute atomic E-state index is 5.89. The highest BCUT2D eigenvalue weighted by Gasteiger charge is 2.09. The van der Waals surface area contributed by atoms with E-state index in [1.165, 1.54) is 0 Å². The van der Waals surface area contributed by atoms with Gasteiger partial charge in [0.1, 0.15) is 5.75 Å². The topological polar surface area (TPSA) is 35.2 Å². The van der Waals surface area contributed by atoms with E-state index in [1.807, 2.05) is 42.1 Å². The van der Waals surface area contributed by atoms with Crippen LogP contribution in [0.5, 0.6) is 5.75 Å². The third kappa shape index (κ3) is 6.75. The molecule has 0 aliphatic carbocycles. The molecule has 0 spiro atoms. The lowest BCUT2D eigenvalue weighted by Gasteiger charge is -2.17. The van der Waals surface area contributed by atoms with Gasteiger partial charge in [-0.3, -0.25) is 0 Å². The summed E-state index contributed by atoms with van der Waals surface area (Å²) >= 11 is 1.89. The first kappa shape index (κ1) is 13.4. The van der Waals surface area contributed by atoms with Crippen molar-refractivity contribution in [1.29, 1.82) is 0 Å². The molecule has 3 heteroatoms. The Morgan fingerprint density at radius 2 is 1.94 bits per heavy atom. The zero-order valence-electron chi connectivity index (χ0n) is 10.1. The molecule has 0 aromatic heterocycles. The number of benzene rings is 1. The Labute approximate surface area is 103 Å². The van der Waals surface area contributed by atoms with Gasteiger partial charge in [-0.05, 0) is 38.2 Å². The minimum absolute atomic E-state index is 0.0645. The maximum atomic E-state index is 5.89. The van der Waals surface area contributed by atoms with Crippen LogP contribution in [0.3, 0.4) is 0 Å². The molecule has 16 heavy (non-hydrogen) atoms. The predicted octanol–water partition coefficient (Wildman–Crippen LogP) is 2.93. The van der Waals surface area contributed by atoms with Gasteiger partial charge in [-0.1, -0.05) is 18.2 Å². The normalized spacial score (nSPS) is 11.4. The summed E-state index contributed by atoms with van der Waals surface area (Å²) in [7, 11) is 0. The molecule has 0 aliphatic heterocycles. The van der Waals surface area contributed by atoms with Crippen molar-refractivity contribution >= 4 is 11.8 Å². The molecule has 2 N–H and O–H groups in total. The number of nitrogens with two attached hydrogens (primary N) is 1. The van der Waals surface area contributed by atoms with Gasteiger partial charge in [-0.25, -0.2) is 0 Å². The van der Waals surface area contributed by atoms with Crippen LogP contribution in [0, 0.1) is 0 Å². The smallest absolute Gasteiger partial charge is 0.119 e. The van der Waals surface area contributed by atoms with Crippen molar-refractivity contribution in [3.63, 3.8) is 0 Å². The molecule has 90 valence electrons. The number of hydrogen-bond acceptors (Lipinski definition) is 3. The SMILES string of the molecule is CC(C)(N)CSCCCOc1ccccc1. The molecule has 1 rings (SSSR count). The minimum atomic E-state index is -0.0645. The van der Waals surface area contributed by atoms with E-state index in [1.54, 1.807) is 0 Å². The molecule has 0 radical (unpaired) electrons. The van der Waals surface area contributed by atoms with Gasteiger partial charge in [0.2, 0.25) is 0 Å². The molecule has 0 aliphatic rings. The predicted molar refractivity (Wildman–Crippen MR) is 72.1 cm³/mol. The van der Waals surface area contributed by atoms with Crippen LogP contribution >= 0.6 is 11.8 Å². The summed E-state index contributed by atoms with van der Waals surface area (Å²) in [5.41, 5.74) is 5.82. The van der Waals surface area contributed by atoms with Crippen molar-refractivity contribution in [2.45, 2.75) is 25.8 Å². The second-order valence-electron chi connectivity index (χ2n) is 4.56. The zero-order chi connectivity index (χ0) is 11.9. The fourth-order valence-corrected chi connectivity index (χ4v) is 2.20. The van der Waals surface area contributed by atoms with E-state index in [9.17, 15) is 0 Å². The van der Waals surface area contributed by atoms with Gasteiger partial charge in [0.05, 0.1) is 6.61 Å². The Morgan fingerprint density at radius 3 is 2.56 bits per heavy atom. The molecule has 0 bridgehead atoms. The summed E-state index contributed by atoms with van der Waals surface area (Å²) in [5, 5.41) is 0. The van der Waals surface area contributed by atoms with Crippen LogP contribution in [0.25, 0.3) is 0 Å². The first-order valence-electron chi connectivity index (χ1n) is 5.62. The van der Waals surface area contributed by atoms with Crippen molar-refractivity contribution < 1.29 is 4.74 Å². The van der Waals surface area contributed by atoms with Crippen LogP contribution in [0.2, 0.25) is 0 Å². The largest absolute Gasteiger partial charge is 0.494 e. The molecule has 0 heterocycles. The first-order valence-corrected chi connectivity index (χ1v) is 6.78. The standard InChI is InChI=1S/C13H21NOS/c1-13(2,14)11-16-10-6-9-15-12-7-4-3-5-8-12/h3-5,7-8H,6,9-11,14H2,1-2H3. The summed E-state index contributed by atoms with van der Waals surface area (Å²) < 4.78 is 5.59. The Balaban J connectivity index is 2.01. The number of ether oxygens (including phenoxy) is 1. The summed E-state index contributed by atoms with van der Waals surface area (Å²) in [5.74, 6) is 3.05. The summed E-state index contributed by atoms with van der Waals surface area (Å²) in [6, 6.07) is 9.93. The van der Waals surface area contributed by atoms with Gasteiger partial charge in [-0.2, -0.15) is 11.8 Å². The van der Waals surface area contributed by atoms with E-state index in [0.717, 1.165) is 30.3 Å². The summed E-state index contributed by atoms with van der Waals surface area (Å²) in [6.45, 7) is 4.89. The van der Waals surface area contributed by atoms with E-state index < -0.39 is 0 Å². The second kappa shape index (κ2) is 6.81. The lowest BCUT2D eigenvalue weighted by Crippen LogP contribution is -2.34. The molecule has 1 aromatic rings. The van der Waals surface area contributed by atoms with Gasteiger partial charge in [-0.15, -0.1) is 0 Å². The van der Waals surface area contributed by atoms with Gasteiger partial charge in [0.15, 0.2) is 0 Å². The molecule has 0 fully saturated rings. The molecular formula is C13H21NOS. The zero-order valence-corrected chi connectivity index (χ0v) is 10.9. The highest BCUT2D eigenvalue weighted by atomic mass is 32.2. The van der Waals surface area contributed by atoms with Crippen molar-refractivity contribution in [2.24, 2.45) is 5.73 Å². The van der Waals surface area contributed by atoms with Gasteiger partial charge in [0, 0.05) is 11.3 Å². The highest BCUT2D eigenvalue weighted by Crippen LogP contribution is 2.12. The van der Waals surface area contributed by atoms with Crippen molar-refractivity contribution in [2.75, 3.05) is 18.1 Å². The Morgan fingerprint density at radius 1 is 1.25 bits per heavy atom. The van der Waals surface area contributed by atoms with Crippen molar-refractivity contribution in [3.05, 3.63) is 30.3 Å². The third-order valence-electron chi connectivity index (χ3n) is 1.92. The van der Waals surface area contributed by atoms with Crippen LogP contribution in [0.15, 0.2) is 30.3 Å². The number of para-hydroxylation sites is 1. The molecular weight excluding hydrogens is 218 g/mol. The average molecular weight is 239 g/mol. The Kier molecular flexibility index (Phi) is 5.71. The van der Waals surface area contributed by atoms with E-state index in [2.05, 4.69) is 13.8 Å². The number of rotatable bonds is 7. The van der Waals surface area contributed by atoms with Gasteiger partial charge >= 0.3 is 0 Å². The fraction of sp³-hybridized carbons (Fsp3) is 0.538. The molecule has 2 nitrogen and oxygen atoms in total. The minimum Gasteiger partial charge on any atom is -0.494 e. The van der Waals surface area contributed by atoms with E-state index in [-0.39, 0.29) is 5.54 Å². The highest BCUT2D eigenvalue weighted by molar-refractivity contribution is 7.99. The molecule has 0 atom stereocenters. The van der Waals surface area contributed by atoms with E-state index in [0.29, 0.717) is 0 Å². The molecule has 0 amide bonds. The van der Waals surface area contributed by atoms with Crippen LogP contribution in [-0.2, 0) is 0 Å². The number of thioether (sulfide) groups is 1. The molecule has 0 saturated heterocycles.